The molecule has 3 aliphatic rings. The topological polar surface area (TPSA) is 149 Å². The number of hydrogen-bond donors (Lipinski definition) is 2. The first-order valence-electron chi connectivity index (χ1n) is 18.7. The number of carbonyl (C=O) groups is 1. The smallest absolute Gasteiger partial charge is 0.451 e. The zero-order valence-corrected chi connectivity index (χ0v) is 33.2. The van der Waals surface area contributed by atoms with Crippen LogP contribution in [0.1, 0.15) is 41.4 Å². The number of benzene rings is 2. The number of nitrogens with zero attached hydrogens (tertiary/aromatic N) is 7. The molecule has 5 aromatic rings. The number of likely N-dealkylation sites (tertiary alicyclic amines) is 1. The summed E-state index contributed by atoms with van der Waals surface area (Å²) < 4.78 is 54.8. The number of carbonyl (C=O) groups excluding carboxylic acids is 1. The summed E-state index contributed by atoms with van der Waals surface area (Å²) >= 11 is 7.21. The molecule has 2 amide bonds. The van der Waals surface area contributed by atoms with Gasteiger partial charge in [-0.15, -0.1) is 0 Å². The second kappa shape index (κ2) is 14.7. The van der Waals surface area contributed by atoms with Gasteiger partial charge in [0.1, 0.15) is 11.2 Å². The maximum Gasteiger partial charge on any atom is 0.451 e. The van der Waals surface area contributed by atoms with Crippen LogP contribution in [0.3, 0.4) is 0 Å². The van der Waals surface area contributed by atoms with E-state index in [2.05, 4.69) is 31.6 Å². The minimum Gasteiger partial charge on any atom is -0.481 e. The molecule has 2 saturated heterocycles. The minimum absolute atomic E-state index is 0.0630. The number of pyridine rings is 1. The molecule has 0 unspecified atom stereocenters. The van der Waals surface area contributed by atoms with Gasteiger partial charge in [-0.05, 0) is 55.0 Å². The van der Waals surface area contributed by atoms with Gasteiger partial charge in [-0.1, -0.05) is 41.9 Å². The number of aryl methyl sites for hydroxylation is 2. The van der Waals surface area contributed by atoms with Crippen molar-refractivity contribution in [2.24, 2.45) is 14.1 Å². The zero-order valence-electron chi connectivity index (χ0n) is 32.5. The predicted octanol–water partition coefficient (Wildman–Crippen LogP) is 5.59. The number of urea groups is 1. The number of ether oxygens (including phenoxy) is 2. The van der Waals surface area contributed by atoms with E-state index in [0.717, 1.165) is 46.1 Å². The van der Waals surface area contributed by atoms with Crippen molar-refractivity contribution in [2.45, 2.75) is 43.9 Å². The van der Waals surface area contributed by atoms with Crippen molar-refractivity contribution in [3.05, 3.63) is 90.8 Å². The quantitative estimate of drug-likeness (QED) is 0.193. The SMILES string of the molecule is COCCN1C[C@@]2(CCN([C@@H]3CCc4cc(-c5cccc(-c6cccc(Nc7nc(C(F)(F)F)nc8c7c(=O)n(C)c(=O)n8C)c6C)c5Cl)nc(OC)c43)C2)NC1=O. The number of anilines is 2. The molecule has 2 N–H and O–H groups in total. The van der Waals surface area contributed by atoms with Crippen molar-refractivity contribution < 1.29 is 27.4 Å². The average Bonchev–Trinajstić information content (AvgIpc) is 3.90. The molecule has 2 aliphatic heterocycles. The van der Waals surface area contributed by atoms with Crippen LogP contribution in [0.2, 0.25) is 5.02 Å². The van der Waals surface area contributed by atoms with Gasteiger partial charge < -0.3 is 25.0 Å². The van der Waals surface area contributed by atoms with Gasteiger partial charge >= 0.3 is 17.9 Å². The molecule has 2 fully saturated rings. The lowest BCUT2D eigenvalue weighted by molar-refractivity contribution is -0.144. The zero-order chi connectivity index (χ0) is 41.3. The number of hydrogen-bond acceptors (Lipinski definition) is 10. The van der Waals surface area contributed by atoms with Gasteiger partial charge in [0.15, 0.2) is 5.65 Å². The van der Waals surface area contributed by atoms with E-state index in [0.29, 0.717) is 70.8 Å². The third-order valence-electron chi connectivity index (χ3n) is 11.6. The minimum atomic E-state index is -4.96. The van der Waals surface area contributed by atoms with E-state index in [1.807, 2.05) is 29.2 Å². The van der Waals surface area contributed by atoms with Gasteiger partial charge in [-0.2, -0.15) is 13.2 Å². The molecular weight excluding hydrogens is 779 g/mol. The lowest BCUT2D eigenvalue weighted by Crippen LogP contribution is -2.46. The van der Waals surface area contributed by atoms with E-state index in [-0.39, 0.29) is 23.0 Å². The van der Waals surface area contributed by atoms with Gasteiger partial charge in [-0.3, -0.25) is 18.8 Å². The molecule has 3 aromatic heterocycles. The van der Waals surface area contributed by atoms with Gasteiger partial charge in [0.25, 0.3) is 5.56 Å². The van der Waals surface area contributed by atoms with Crippen LogP contribution in [0.15, 0.2) is 52.1 Å². The fourth-order valence-corrected chi connectivity index (χ4v) is 8.94. The summed E-state index contributed by atoms with van der Waals surface area (Å²) in [5.74, 6) is -1.39. The monoisotopic (exact) mass is 819 g/mol. The van der Waals surface area contributed by atoms with Crippen LogP contribution in [0.25, 0.3) is 33.4 Å². The van der Waals surface area contributed by atoms with Crippen molar-refractivity contribution in [3.8, 4) is 28.3 Å². The first-order chi connectivity index (χ1) is 27.6. The molecule has 14 nitrogen and oxygen atoms in total. The maximum absolute atomic E-state index is 14.0. The van der Waals surface area contributed by atoms with Crippen LogP contribution in [0.5, 0.6) is 5.88 Å². The molecule has 304 valence electrons. The van der Waals surface area contributed by atoms with E-state index >= 15 is 0 Å². The highest BCUT2D eigenvalue weighted by Crippen LogP contribution is 2.47. The molecule has 1 aliphatic carbocycles. The fourth-order valence-electron chi connectivity index (χ4n) is 8.61. The van der Waals surface area contributed by atoms with Crippen LogP contribution in [0.4, 0.5) is 29.5 Å². The highest BCUT2D eigenvalue weighted by atomic mass is 35.5. The third kappa shape index (κ3) is 6.63. The Kier molecular flexibility index (Phi) is 9.96. The summed E-state index contributed by atoms with van der Waals surface area (Å²) in [7, 11) is 5.70. The Morgan fingerprint density at radius 2 is 1.74 bits per heavy atom. The van der Waals surface area contributed by atoms with Crippen molar-refractivity contribution in [1.29, 1.82) is 0 Å². The Morgan fingerprint density at radius 3 is 2.48 bits per heavy atom. The average molecular weight is 820 g/mol. The van der Waals surface area contributed by atoms with Crippen LogP contribution in [-0.2, 0) is 31.4 Å². The largest absolute Gasteiger partial charge is 0.481 e. The molecule has 8 rings (SSSR count). The van der Waals surface area contributed by atoms with Gasteiger partial charge in [0, 0.05) is 75.8 Å². The van der Waals surface area contributed by atoms with Crippen LogP contribution >= 0.6 is 11.6 Å². The molecule has 2 aromatic carbocycles. The summed E-state index contributed by atoms with van der Waals surface area (Å²) in [4.78, 5) is 55.1. The number of nitrogens with one attached hydrogen (secondary N) is 2. The van der Waals surface area contributed by atoms with Crippen LogP contribution < -0.4 is 26.6 Å². The van der Waals surface area contributed by atoms with Crippen molar-refractivity contribution in [1.82, 2.24) is 39.2 Å². The van der Waals surface area contributed by atoms with E-state index in [4.69, 9.17) is 26.1 Å². The summed E-state index contributed by atoms with van der Waals surface area (Å²) in [5.41, 5.74) is 3.24. The number of rotatable bonds is 9. The molecule has 2 atom stereocenters. The van der Waals surface area contributed by atoms with E-state index in [1.165, 1.54) is 14.1 Å². The Morgan fingerprint density at radius 1 is 1.00 bits per heavy atom. The van der Waals surface area contributed by atoms with E-state index in [9.17, 15) is 27.6 Å². The number of alkyl halides is 3. The molecule has 58 heavy (non-hydrogen) atoms. The lowest BCUT2D eigenvalue weighted by atomic mass is 9.96. The number of methoxy groups -OCH3 is 2. The Hall–Kier alpha value is -5.52. The molecule has 18 heteroatoms. The maximum atomic E-state index is 14.0. The number of amides is 2. The number of halogens is 4. The van der Waals surface area contributed by atoms with Gasteiger partial charge in [-0.25, -0.2) is 24.5 Å². The third-order valence-corrected chi connectivity index (χ3v) is 12.0. The number of fused-ring (bicyclic) bond motifs is 2. The second-order valence-electron chi connectivity index (χ2n) is 15.1. The van der Waals surface area contributed by atoms with Crippen molar-refractivity contribution >= 4 is 40.2 Å². The van der Waals surface area contributed by atoms with Gasteiger partial charge in [0.2, 0.25) is 11.7 Å². The lowest BCUT2D eigenvalue weighted by Gasteiger charge is -2.28. The first kappa shape index (κ1) is 39.3. The van der Waals surface area contributed by atoms with Gasteiger partial charge in [0.05, 0.1) is 30.0 Å². The standard InChI is InChI=1S/C40H41ClF3N9O5/c1-21-23(8-7-11-26(21)45-32-30-33(48-36(47-32)40(42,43)44)50(2)38(56)51(3)35(30)54)24-9-6-10-25(31(24)41)27-18-22-12-13-28(29(22)34(46-27)58-5)52-15-14-39(19-52)20-53(16-17-57-4)37(55)49-39/h6-11,18,28H,12-17,19-20H2,1-5H3,(H,49,55)(H,45,47,48)/t28-,39+/m1/s1. The normalized spacial score (nSPS) is 19.4. The van der Waals surface area contributed by atoms with Crippen molar-refractivity contribution in [3.63, 3.8) is 0 Å². The highest BCUT2D eigenvalue weighted by Gasteiger charge is 2.49. The molecule has 0 radical (unpaired) electrons. The number of aromatic nitrogens is 5. The summed E-state index contributed by atoms with van der Waals surface area (Å²) in [6.07, 6.45) is -2.45. The summed E-state index contributed by atoms with van der Waals surface area (Å²) in [6, 6.07) is 12.8. The highest BCUT2D eigenvalue weighted by molar-refractivity contribution is 6.36. The second-order valence-corrected chi connectivity index (χ2v) is 15.4. The Bertz CT molecular complexity index is 2620. The molecular formula is C40H41ClF3N9O5. The molecule has 0 bridgehead atoms. The summed E-state index contributed by atoms with van der Waals surface area (Å²) in [5, 5.41) is 6.30. The van der Waals surface area contributed by atoms with Crippen LogP contribution in [-0.4, -0.2) is 92.5 Å². The first-order valence-corrected chi connectivity index (χ1v) is 19.1. The Labute approximate surface area is 335 Å². The fraction of sp³-hybridized carbons (Fsp3) is 0.400. The van der Waals surface area contributed by atoms with Crippen molar-refractivity contribution in [2.75, 3.05) is 52.3 Å². The molecule has 0 saturated carbocycles. The van der Waals surface area contributed by atoms with E-state index < -0.39 is 34.7 Å². The van der Waals surface area contributed by atoms with Crippen LogP contribution in [0, 0.1) is 6.92 Å². The molecule has 5 heterocycles. The molecule has 1 spiro atoms. The van der Waals surface area contributed by atoms with E-state index in [1.54, 1.807) is 33.3 Å². The Balaban J connectivity index is 1.11. The summed E-state index contributed by atoms with van der Waals surface area (Å²) in [6.45, 7) is 4.96. The predicted molar refractivity (Wildman–Crippen MR) is 212 cm³/mol.